The second-order valence-electron chi connectivity index (χ2n) is 4.42. The van der Waals surface area contributed by atoms with Crippen molar-refractivity contribution < 1.29 is 5.11 Å². The Kier molecular flexibility index (Phi) is 10.3. The summed E-state index contributed by atoms with van der Waals surface area (Å²) in [6, 6.07) is 0. The van der Waals surface area contributed by atoms with Crippen LogP contribution in [-0.2, 0) is 0 Å². The number of halogens is 2. The van der Waals surface area contributed by atoms with Crippen LogP contribution in [0.2, 0.25) is 0 Å². The number of unbranched alkanes of at least 4 members (excludes halogenated alkanes) is 2. The minimum Gasteiger partial charge on any atom is -0.396 e. The van der Waals surface area contributed by atoms with E-state index in [1.807, 2.05) is 0 Å². The first-order valence-electron chi connectivity index (χ1n) is 5.70. The van der Waals surface area contributed by atoms with Crippen LogP contribution in [0.5, 0.6) is 0 Å². The van der Waals surface area contributed by atoms with Gasteiger partial charge in [0.25, 0.3) is 0 Å². The third kappa shape index (κ3) is 10.9. The molecule has 0 radical (unpaired) electrons. The molecular weight excluding hydrogens is 320 g/mol. The van der Waals surface area contributed by atoms with Crippen LogP contribution in [0.4, 0.5) is 0 Å². The van der Waals surface area contributed by atoms with Crippen molar-refractivity contribution in [1.29, 1.82) is 0 Å². The van der Waals surface area contributed by atoms with Gasteiger partial charge in [0.05, 0.1) is 3.39 Å². The molecule has 1 atom stereocenters. The van der Waals surface area contributed by atoms with Crippen LogP contribution in [0.25, 0.3) is 0 Å². The highest BCUT2D eigenvalue weighted by Gasteiger charge is 2.08. The van der Waals surface area contributed by atoms with E-state index in [1.165, 1.54) is 19.3 Å². The molecule has 15 heavy (non-hydrogen) atoms. The normalized spacial score (nSPS) is 12.9. The van der Waals surface area contributed by atoms with Crippen LogP contribution in [0.3, 0.4) is 0 Å². The second-order valence-corrected chi connectivity index (χ2v) is 7.19. The van der Waals surface area contributed by atoms with Gasteiger partial charge >= 0.3 is 0 Å². The monoisotopic (exact) mass is 340 g/mol. The van der Waals surface area contributed by atoms with Crippen LogP contribution >= 0.6 is 31.9 Å². The summed E-state index contributed by atoms with van der Waals surface area (Å²) in [5.74, 6) is 1.39. The maximum absolute atomic E-state index is 8.70. The summed E-state index contributed by atoms with van der Waals surface area (Å²) in [4.78, 5) is 0. The number of allylic oxidation sites excluding steroid dienone is 1. The Hall–Kier alpha value is 0.660. The van der Waals surface area contributed by atoms with E-state index in [0.29, 0.717) is 12.5 Å². The Labute approximate surface area is 111 Å². The summed E-state index contributed by atoms with van der Waals surface area (Å²) >= 11 is 6.85. The number of rotatable bonds is 8. The molecule has 0 aromatic rings. The van der Waals surface area contributed by atoms with Gasteiger partial charge in [0.2, 0.25) is 0 Å². The first-order valence-corrected chi connectivity index (χ1v) is 7.28. The van der Waals surface area contributed by atoms with Crippen molar-refractivity contribution in [3.05, 3.63) is 9.47 Å². The molecule has 3 heteroatoms. The van der Waals surface area contributed by atoms with E-state index >= 15 is 0 Å². The van der Waals surface area contributed by atoms with Crippen molar-refractivity contribution >= 4 is 31.9 Å². The smallest absolute Gasteiger partial charge is 0.0567 e. The van der Waals surface area contributed by atoms with Crippen LogP contribution in [0.1, 0.15) is 46.0 Å². The third-order valence-electron chi connectivity index (χ3n) is 2.37. The molecule has 0 fully saturated rings. The largest absolute Gasteiger partial charge is 0.396 e. The van der Waals surface area contributed by atoms with Crippen molar-refractivity contribution in [1.82, 2.24) is 0 Å². The number of aliphatic hydroxyl groups is 1. The lowest BCUT2D eigenvalue weighted by Crippen LogP contribution is -2.02. The lowest BCUT2D eigenvalue weighted by molar-refractivity contribution is 0.280. The third-order valence-corrected chi connectivity index (χ3v) is 2.90. The van der Waals surface area contributed by atoms with Crippen LogP contribution < -0.4 is 0 Å². The highest BCUT2D eigenvalue weighted by molar-refractivity contribution is 9.28. The molecule has 0 aliphatic heterocycles. The number of hydrogen-bond acceptors (Lipinski definition) is 1. The SMILES string of the molecule is CC(C)CC(C=C(Br)Br)CCCCCO. The Morgan fingerprint density at radius 3 is 2.33 bits per heavy atom. The first kappa shape index (κ1) is 15.7. The van der Waals surface area contributed by atoms with E-state index in [4.69, 9.17) is 5.11 Å². The van der Waals surface area contributed by atoms with E-state index in [1.54, 1.807) is 0 Å². The summed E-state index contributed by atoms with van der Waals surface area (Å²) in [6.07, 6.45) is 7.99. The molecule has 0 heterocycles. The van der Waals surface area contributed by atoms with Crippen molar-refractivity contribution in [2.24, 2.45) is 11.8 Å². The summed E-state index contributed by atoms with van der Waals surface area (Å²) < 4.78 is 1.06. The predicted octanol–water partition coefficient (Wildman–Crippen LogP) is 4.83. The van der Waals surface area contributed by atoms with Crippen LogP contribution in [0.15, 0.2) is 9.47 Å². The molecule has 0 aliphatic carbocycles. The highest BCUT2D eigenvalue weighted by Crippen LogP contribution is 2.25. The van der Waals surface area contributed by atoms with Crippen LogP contribution in [-0.4, -0.2) is 11.7 Å². The second kappa shape index (κ2) is 9.86. The summed E-state index contributed by atoms with van der Waals surface area (Å²) in [5, 5.41) is 8.70. The number of hydrogen-bond donors (Lipinski definition) is 1. The molecule has 0 spiro atoms. The van der Waals surface area contributed by atoms with E-state index in [2.05, 4.69) is 51.8 Å². The van der Waals surface area contributed by atoms with Crippen LogP contribution in [0, 0.1) is 11.8 Å². The van der Waals surface area contributed by atoms with Crippen molar-refractivity contribution in [3.8, 4) is 0 Å². The van der Waals surface area contributed by atoms with Gasteiger partial charge in [-0.3, -0.25) is 0 Å². The average Bonchev–Trinajstić information content (AvgIpc) is 2.10. The summed E-state index contributed by atoms with van der Waals surface area (Å²) in [5.41, 5.74) is 0. The van der Waals surface area contributed by atoms with Crippen molar-refractivity contribution in [2.75, 3.05) is 6.61 Å². The number of aliphatic hydroxyl groups excluding tert-OH is 1. The summed E-state index contributed by atoms with van der Waals surface area (Å²) in [6.45, 7) is 4.85. The molecule has 0 amide bonds. The molecule has 0 saturated heterocycles. The predicted molar refractivity (Wildman–Crippen MR) is 74.4 cm³/mol. The molecule has 0 saturated carbocycles. The molecule has 0 aromatic carbocycles. The Bertz CT molecular complexity index is 174. The lowest BCUT2D eigenvalue weighted by Gasteiger charge is -2.15. The topological polar surface area (TPSA) is 20.2 Å². The highest BCUT2D eigenvalue weighted by atomic mass is 79.9. The van der Waals surface area contributed by atoms with Crippen molar-refractivity contribution in [2.45, 2.75) is 46.0 Å². The lowest BCUT2D eigenvalue weighted by atomic mass is 9.92. The molecule has 1 N–H and O–H groups in total. The van der Waals surface area contributed by atoms with Gasteiger partial charge in [0.1, 0.15) is 0 Å². The zero-order chi connectivity index (χ0) is 11.7. The quantitative estimate of drug-likeness (QED) is 0.627. The van der Waals surface area contributed by atoms with Gasteiger partial charge in [-0.2, -0.15) is 0 Å². The summed E-state index contributed by atoms with van der Waals surface area (Å²) in [7, 11) is 0. The fourth-order valence-electron chi connectivity index (χ4n) is 1.75. The molecule has 0 rings (SSSR count). The molecule has 0 aliphatic rings. The van der Waals surface area contributed by atoms with Gasteiger partial charge in [0, 0.05) is 6.61 Å². The Balaban J connectivity index is 3.86. The molecule has 90 valence electrons. The van der Waals surface area contributed by atoms with Crippen molar-refractivity contribution in [3.63, 3.8) is 0 Å². The first-order chi connectivity index (χ1) is 7.06. The maximum atomic E-state index is 8.70. The molecule has 0 bridgehead atoms. The Morgan fingerprint density at radius 2 is 1.87 bits per heavy atom. The molecule has 1 nitrogen and oxygen atoms in total. The van der Waals surface area contributed by atoms with E-state index in [-0.39, 0.29) is 0 Å². The minimum absolute atomic E-state index is 0.326. The fourth-order valence-corrected chi connectivity index (χ4v) is 2.50. The molecule has 1 unspecified atom stereocenters. The van der Waals surface area contributed by atoms with E-state index < -0.39 is 0 Å². The molecular formula is C12H22Br2O. The van der Waals surface area contributed by atoms with Gasteiger partial charge in [-0.05, 0) is 63.0 Å². The standard InChI is InChI=1S/C12H22Br2O/c1-10(2)8-11(9-12(13)14)6-4-3-5-7-15/h9-11,15H,3-8H2,1-2H3. The average molecular weight is 342 g/mol. The zero-order valence-corrected chi connectivity index (χ0v) is 12.8. The Morgan fingerprint density at radius 1 is 1.20 bits per heavy atom. The van der Waals surface area contributed by atoms with E-state index in [0.717, 1.165) is 22.2 Å². The van der Waals surface area contributed by atoms with Gasteiger partial charge in [-0.25, -0.2) is 0 Å². The maximum Gasteiger partial charge on any atom is 0.0567 e. The van der Waals surface area contributed by atoms with Gasteiger partial charge in [-0.15, -0.1) is 0 Å². The minimum atomic E-state index is 0.326. The fraction of sp³-hybridized carbons (Fsp3) is 0.833. The van der Waals surface area contributed by atoms with Gasteiger partial charge in [0.15, 0.2) is 0 Å². The zero-order valence-electron chi connectivity index (χ0n) is 9.68. The van der Waals surface area contributed by atoms with E-state index in [9.17, 15) is 0 Å². The van der Waals surface area contributed by atoms with Gasteiger partial charge < -0.3 is 5.11 Å². The van der Waals surface area contributed by atoms with Gasteiger partial charge in [-0.1, -0.05) is 32.8 Å². The molecule has 0 aromatic heterocycles.